The lowest BCUT2D eigenvalue weighted by molar-refractivity contribution is -0.136. The van der Waals surface area contributed by atoms with E-state index in [9.17, 15) is 13.2 Å². The Bertz CT molecular complexity index is 396. The van der Waals surface area contributed by atoms with Gasteiger partial charge in [-0.05, 0) is 32.9 Å². The SMILES string of the molecule is COCC1(C(=O)NC(C)CS(C)(=O)=O)CCNCC1. The Labute approximate surface area is 115 Å². The molecule has 0 radical (unpaired) electrons. The summed E-state index contributed by atoms with van der Waals surface area (Å²) in [5.41, 5.74) is -0.536. The number of methoxy groups -OCH3 is 1. The number of carbonyl (C=O) groups is 1. The van der Waals surface area contributed by atoms with Crippen molar-refractivity contribution < 1.29 is 17.9 Å². The molecule has 0 spiro atoms. The highest BCUT2D eigenvalue weighted by atomic mass is 32.2. The number of hydrogen-bond acceptors (Lipinski definition) is 5. The summed E-state index contributed by atoms with van der Waals surface area (Å²) in [6, 6.07) is -0.383. The molecule has 6 nitrogen and oxygen atoms in total. The maximum atomic E-state index is 12.4. The molecule has 1 aliphatic rings. The molecule has 0 aromatic rings. The van der Waals surface area contributed by atoms with Crippen LogP contribution in [0.2, 0.25) is 0 Å². The molecule has 0 aromatic carbocycles. The minimum absolute atomic E-state index is 0.0416. The first-order chi connectivity index (χ1) is 8.79. The van der Waals surface area contributed by atoms with E-state index in [0.717, 1.165) is 13.1 Å². The molecule has 1 aliphatic heterocycles. The number of hydrogen-bond donors (Lipinski definition) is 2. The number of rotatable bonds is 6. The Kier molecular flexibility index (Phi) is 5.76. The molecular formula is C12H24N2O4S. The van der Waals surface area contributed by atoms with Gasteiger partial charge < -0.3 is 15.4 Å². The fourth-order valence-electron chi connectivity index (χ4n) is 2.49. The molecule has 1 rings (SSSR count). The normalized spacial score (nSPS) is 20.8. The second-order valence-electron chi connectivity index (χ2n) is 5.43. The minimum Gasteiger partial charge on any atom is -0.384 e. The Morgan fingerprint density at radius 3 is 2.47 bits per heavy atom. The summed E-state index contributed by atoms with van der Waals surface area (Å²) in [7, 11) is -1.51. The van der Waals surface area contributed by atoms with Crippen molar-refractivity contribution in [3.8, 4) is 0 Å². The van der Waals surface area contributed by atoms with Crippen molar-refractivity contribution in [1.29, 1.82) is 0 Å². The first kappa shape index (κ1) is 16.4. The van der Waals surface area contributed by atoms with Crippen molar-refractivity contribution in [2.24, 2.45) is 5.41 Å². The molecule has 7 heteroatoms. The fraction of sp³-hybridized carbons (Fsp3) is 0.917. The fourth-order valence-corrected chi connectivity index (χ4v) is 3.48. The zero-order valence-corrected chi connectivity index (χ0v) is 12.7. The molecule has 1 amide bonds. The number of nitrogens with one attached hydrogen (secondary N) is 2. The van der Waals surface area contributed by atoms with Crippen LogP contribution in [0.15, 0.2) is 0 Å². The average Bonchev–Trinajstić information content (AvgIpc) is 2.27. The maximum absolute atomic E-state index is 12.4. The summed E-state index contributed by atoms with van der Waals surface area (Å²) in [5.74, 6) is -0.146. The highest BCUT2D eigenvalue weighted by Crippen LogP contribution is 2.29. The Morgan fingerprint density at radius 1 is 1.42 bits per heavy atom. The first-order valence-electron chi connectivity index (χ1n) is 6.47. The smallest absolute Gasteiger partial charge is 0.228 e. The van der Waals surface area contributed by atoms with E-state index in [-0.39, 0.29) is 17.7 Å². The predicted octanol–water partition coefficient (Wildman–Crippen LogP) is -0.448. The summed E-state index contributed by atoms with van der Waals surface area (Å²) in [6.07, 6.45) is 2.58. The van der Waals surface area contributed by atoms with Crippen molar-refractivity contribution >= 4 is 15.7 Å². The van der Waals surface area contributed by atoms with E-state index in [1.165, 1.54) is 6.26 Å². The third kappa shape index (κ3) is 5.08. The second-order valence-corrected chi connectivity index (χ2v) is 7.62. The van der Waals surface area contributed by atoms with Gasteiger partial charge in [-0.25, -0.2) is 8.42 Å². The lowest BCUT2D eigenvalue weighted by Crippen LogP contribution is -2.52. The van der Waals surface area contributed by atoms with Crippen molar-refractivity contribution in [2.45, 2.75) is 25.8 Å². The van der Waals surface area contributed by atoms with Gasteiger partial charge in [0.25, 0.3) is 0 Å². The molecular weight excluding hydrogens is 268 g/mol. The summed E-state index contributed by atoms with van der Waals surface area (Å²) in [4.78, 5) is 12.4. The van der Waals surface area contributed by atoms with Crippen molar-refractivity contribution in [1.82, 2.24) is 10.6 Å². The third-order valence-electron chi connectivity index (χ3n) is 3.39. The Balaban J connectivity index is 2.67. The van der Waals surface area contributed by atoms with Crippen LogP contribution in [0.4, 0.5) is 0 Å². The number of amides is 1. The van der Waals surface area contributed by atoms with Crippen LogP contribution in [-0.2, 0) is 19.4 Å². The Hall–Kier alpha value is -0.660. The standard InChI is InChI=1S/C12H24N2O4S/c1-10(8-19(3,16)17)14-11(15)12(9-18-2)4-6-13-7-5-12/h10,13H,4-9H2,1-3H3,(H,14,15). The quantitative estimate of drug-likeness (QED) is 0.693. The van der Waals surface area contributed by atoms with Crippen LogP contribution in [0.3, 0.4) is 0 Å². The van der Waals surface area contributed by atoms with Gasteiger partial charge in [-0.3, -0.25) is 4.79 Å². The molecule has 1 heterocycles. The van der Waals surface area contributed by atoms with Gasteiger partial charge in [0.1, 0.15) is 9.84 Å². The zero-order valence-electron chi connectivity index (χ0n) is 11.9. The van der Waals surface area contributed by atoms with E-state index in [0.29, 0.717) is 19.4 Å². The molecule has 0 bridgehead atoms. The summed E-state index contributed by atoms with van der Waals surface area (Å²) >= 11 is 0. The number of ether oxygens (including phenoxy) is 1. The van der Waals surface area contributed by atoms with E-state index in [1.807, 2.05) is 0 Å². The summed E-state index contributed by atoms with van der Waals surface area (Å²) in [5, 5.41) is 6.02. The van der Waals surface area contributed by atoms with Gasteiger partial charge in [0.2, 0.25) is 5.91 Å². The van der Waals surface area contributed by atoms with Crippen LogP contribution < -0.4 is 10.6 Å². The number of carbonyl (C=O) groups excluding carboxylic acids is 1. The van der Waals surface area contributed by atoms with E-state index in [4.69, 9.17) is 4.74 Å². The molecule has 0 aromatic heterocycles. The first-order valence-corrected chi connectivity index (χ1v) is 8.53. The molecule has 0 aliphatic carbocycles. The average molecular weight is 292 g/mol. The van der Waals surface area contributed by atoms with Gasteiger partial charge in [0.05, 0.1) is 17.8 Å². The number of piperidine rings is 1. The molecule has 1 unspecified atom stereocenters. The van der Waals surface area contributed by atoms with Gasteiger partial charge >= 0.3 is 0 Å². The monoisotopic (exact) mass is 292 g/mol. The highest BCUT2D eigenvalue weighted by Gasteiger charge is 2.40. The van der Waals surface area contributed by atoms with E-state index >= 15 is 0 Å². The zero-order chi connectivity index (χ0) is 14.5. The maximum Gasteiger partial charge on any atom is 0.228 e. The van der Waals surface area contributed by atoms with Crippen LogP contribution in [0.5, 0.6) is 0 Å². The van der Waals surface area contributed by atoms with Gasteiger partial charge in [-0.2, -0.15) is 0 Å². The summed E-state index contributed by atoms with van der Waals surface area (Å²) in [6.45, 7) is 3.63. The molecule has 112 valence electrons. The molecule has 0 saturated carbocycles. The summed E-state index contributed by atoms with van der Waals surface area (Å²) < 4.78 is 27.6. The van der Waals surface area contributed by atoms with Crippen molar-refractivity contribution in [2.75, 3.05) is 38.8 Å². The van der Waals surface area contributed by atoms with Gasteiger partial charge in [-0.15, -0.1) is 0 Å². The van der Waals surface area contributed by atoms with E-state index in [2.05, 4.69) is 10.6 Å². The van der Waals surface area contributed by atoms with Crippen LogP contribution in [0.25, 0.3) is 0 Å². The van der Waals surface area contributed by atoms with Gasteiger partial charge in [-0.1, -0.05) is 0 Å². The second kappa shape index (κ2) is 6.67. The highest BCUT2D eigenvalue weighted by molar-refractivity contribution is 7.90. The third-order valence-corrected chi connectivity index (χ3v) is 4.50. The van der Waals surface area contributed by atoms with Crippen LogP contribution in [0, 0.1) is 5.41 Å². The molecule has 1 fully saturated rings. The lowest BCUT2D eigenvalue weighted by atomic mass is 9.78. The lowest BCUT2D eigenvalue weighted by Gasteiger charge is -2.36. The van der Waals surface area contributed by atoms with E-state index in [1.54, 1.807) is 14.0 Å². The topological polar surface area (TPSA) is 84.5 Å². The Morgan fingerprint density at radius 2 is 2.00 bits per heavy atom. The van der Waals surface area contributed by atoms with Gasteiger partial charge in [0.15, 0.2) is 0 Å². The molecule has 1 saturated heterocycles. The van der Waals surface area contributed by atoms with E-state index < -0.39 is 15.3 Å². The van der Waals surface area contributed by atoms with Crippen LogP contribution >= 0.6 is 0 Å². The molecule has 2 N–H and O–H groups in total. The van der Waals surface area contributed by atoms with Crippen molar-refractivity contribution in [3.63, 3.8) is 0 Å². The number of sulfone groups is 1. The van der Waals surface area contributed by atoms with Crippen LogP contribution in [0.1, 0.15) is 19.8 Å². The predicted molar refractivity (Wildman–Crippen MR) is 73.7 cm³/mol. The minimum atomic E-state index is -3.09. The van der Waals surface area contributed by atoms with Crippen LogP contribution in [-0.4, -0.2) is 59.2 Å². The molecule has 19 heavy (non-hydrogen) atoms. The molecule has 1 atom stereocenters. The largest absolute Gasteiger partial charge is 0.384 e. The van der Waals surface area contributed by atoms with Crippen molar-refractivity contribution in [3.05, 3.63) is 0 Å². The van der Waals surface area contributed by atoms with Gasteiger partial charge in [0, 0.05) is 19.4 Å².